The van der Waals surface area contributed by atoms with Crippen LogP contribution in [0.4, 0.5) is 0 Å². The number of furan rings is 1. The fourth-order valence-corrected chi connectivity index (χ4v) is 10.2. The molecular formula is C41H58O16. The third-order valence-electron chi connectivity index (χ3n) is 13.8. The predicted octanol–water partition coefficient (Wildman–Crippen LogP) is 3.48. The lowest BCUT2D eigenvalue weighted by molar-refractivity contribution is -0.328. The molecule has 15 atom stereocenters. The van der Waals surface area contributed by atoms with E-state index in [1.54, 1.807) is 54.5 Å². The first kappa shape index (κ1) is 44.3. The van der Waals surface area contributed by atoms with E-state index in [1.165, 1.54) is 19.6 Å². The molecule has 5 rings (SSSR count). The summed E-state index contributed by atoms with van der Waals surface area (Å²) >= 11 is 0. The number of aliphatic hydroxyl groups excluding tert-OH is 1. The maximum atomic E-state index is 14.1. The molecule has 318 valence electrons. The zero-order valence-corrected chi connectivity index (χ0v) is 34.2. The number of ether oxygens (including phenoxy) is 7. The standard InChI is InChI=1S/C41H58O16/c1-11-21(3)32(45)36(47)56-34-33(52-20-42)31(38(8)27(16-30(44)50-10)37(7)19-53-40(48,57-37)17-29(38)54-24(6)43)23(5)41(49)28(55-35(46)22(4)12-2)15-26(39(34,41)9)25-13-14-51-18-25/h13-14,18,20-22,26-29,31-34,45,48-49H,5,11-12,15-17,19H2,1-4,6-10H3. The Labute approximate surface area is 332 Å². The summed E-state index contributed by atoms with van der Waals surface area (Å²) in [6.07, 6.45) is -5.04. The van der Waals surface area contributed by atoms with Crippen molar-refractivity contribution in [2.75, 3.05) is 13.7 Å². The van der Waals surface area contributed by atoms with Gasteiger partial charge in [0.25, 0.3) is 12.4 Å². The summed E-state index contributed by atoms with van der Waals surface area (Å²) in [5.74, 6) is -10.1. The lowest BCUT2D eigenvalue weighted by Crippen LogP contribution is -2.72. The highest BCUT2D eigenvalue weighted by atomic mass is 16.9. The molecule has 0 spiro atoms. The molecule has 2 saturated carbocycles. The minimum Gasteiger partial charge on any atom is -0.472 e. The molecule has 57 heavy (non-hydrogen) atoms. The highest BCUT2D eigenvalue weighted by molar-refractivity contribution is 5.75. The number of esters is 4. The van der Waals surface area contributed by atoms with E-state index in [0.717, 1.165) is 6.92 Å². The largest absolute Gasteiger partial charge is 0.472 e. The van der Waals surface area contributed by atoms with Crippen molar-refractivity contribution in [2.45, 2.75) is 141 Å². The van der Waals surface area contributed by atoms with Crippen LogP contribution in [0.5, 0.6) is 0 Å². The molecule has 15 unspecified atom stereocenters. The number of methoxy groups -OCH3 is 1. The van der Waals surface area contributed by atoms with Crippen LogP contribution in [-0.2, 0) is 57.1 Å². The molecule has 1 aromatic heterocycles. The van der Waals surface area contributed by atoms with E-state index < -0.39 is 125 Å². The molecule has 2 aliphatic heterocycles. The van der Waals surface area contributed by atoms with Crippen molar-refractivity contribution in [3.63, 3.8) is 0 Å². The number of rotatable bonds is 14. The van der Waals surface area contributed by atoms with Crippen LogP contribution in [0.2, 0.25) is 0 Å². The van der Waals surface area contributed by atoms with Gasteiger partial charge in [0.05, 0.1) is 56.0 Å². The first-order valence-electron chi connectivity index (χ1n) is 19.6. The summed E-state index contributed by atoms with van der Waals surface area (Å²) in [4.78, 5) is 66.9. The lowest BCUT2D eigenvalue weighted by Gasteiger charge is -2.62. The first-order valence-corrected chi connectivity index (χ1v) is 19.6. The van der Waals surface area contributed by atoms with Gasteiger partial charge in [0.2, 0.25) is 0 Å². The van der Waals surface area contributed by atoms with Gasteiger partial charge in [-0.25, -0.2) is 4.79 Å². The highest BCUT2D eigenvalue weighted by Crippen LogP contribution is 2.70. The topological polar surface area (TPSA) is 224 Å². The molecular weight excluding hydrogens is 748 g/mol. The van der Waals surface area contributed by atoms with Gasteiger partial charge in [-0.2, -0.15) is 0 Å². The molecule has 0 aromatic carbocycles. The molecule has 16 nitrogen and oxygen atoms in total. The van der Waals surface area contributed by atoms with Crippen molar-refractivity contribution in [3.8, 4) is 0 Å². The second-order valence-corrected chi connectivity index (χ2v) is 16.9. The molecule has 0 radical (unpaired) electrons. The quantitative estimate of drug-likeness (QED) is 0.106. The Kier molecular flexibility index (Phi) is 12.5. The molecule has 2 aliphatic carbocycles. The van der Waals surface area contributed by atoms with Crippen LogP contribution >= 0.6 is 0 Å². The van der Waals surface area contributed by atoms with Crippen molar-refractivity contribution >= 4 is 30.3 Å². The zero-order valence-electron chi connectivity index (χ0n) is 34.2. The summed E-state index contributed by atoms with van der Waals surface area (Å²) < 4.78 is 47.1. The van der Waals surface area contributed by atoms with Crippen molar-refractivity contribution in [1.82, 2.24) is 0 Å². The third-order valence-corrected chi connectivity index (χ3v) is 13.8. The number of aliphatic hydroxyl groups is 3. The second-order valence-electron chi connectivity index (χ2n) is 16.9. The Morgan fingerprint density at radius 1 is 1.04 bits per heavy atom. The Morgan fingerprint density at radius 2 is 1.72 bits per heavy atom. The van der Waals surface area contributed by atoms with Crippen molar-refractivity contribution < 1.29 is 76.9 Å². The zero-order chi connectivity index (χ0) is 42.5. The van der Waals surface area contributed by atoms with Crippen molar-refractivity contribution in [2.24, 2.45) is 34.5 Å². The van der Waals surface area contributed by atoms with Crippen LogP contribution in [0.25, 0.3) is 0 Å². The smallest absolute Gasteiger partial charge is 0.335 e. The Hall–Kier alpha value is -3.83. The molecule has 0 amide bonds. The third kappa shape index (κ3) is 7.19. The van der Waals surface area contributed by atoms with E-state index in [9.17, 15) is 39.3 Å². The van der Waals surface area contributed by atoms with Crippen LogP contribution in [0.1, 0.15) is 99.0 Å². The normalized spacial score (nSPS) is 40.1. The lowest BCUT2D eigenvalue weighted by atomic mass is 9.46. The molecule has 3 heterocycles. The SMILES string of the molecule is C=C1C(C2(C)C(OC(C)=O)CC3(O)OCC(C)(O3)C2CC(=O)OC)C(OC=O)C(OC(=O)C(O)C(C)CC)C2(C)C(c3ccoc3)CC(OC(=O)C(C)CC)C12O. The highest BCUT2D eigenvalue weighted by Gasteiger charge is 2.79. The molecule has 4 fully saturated rings. The summed E-state index contributed by atoms with van der Waals surface area (Å²) in [7, 11) is 1.18. The van der Waals surface area contributed by atoms with Gasteiger partial charge in [-0.05, 0) is 42.9 Å². The van der Waals surface area contributed by atoms with Gasteiger partial charge in [-0.1, -0.05) is 54.5 Å². The summed E-state index contributed by atoms with van der Waals surface area (Å²) in [6.45, 7) is 17.2. The number of hydrogen-bond acceptors (Lipinski definition) is 16. The summed E-state index contributed by atoms with van der Waals surface area (Å²) in [5, 5.41) is 36.6. The maximum Gasteiger partial charge on any atom is 0.335 e. The van der Waals surface area contributed by atoms with Gasteiger partial charge >= 0.3 is 23.9 Å². The molecule has 16 heteroatoms. The van der Waals surface area contributed by atoms with E-state index in [-0.39, 0.29) is 25.1 Å². The number of carbonyl (C=O) groups is 5. The molecule has 1 aromatic rings. The minimum absolute atomic E-state index is 0.0552. The second kappa shape index (κ2) is 16.1. The Bertz CT molecular complexity index is 1690. The van der Waals surface area contributed by atoms with Crippen LogP contribution < -0.4 is 0 Å². The summed E-state index contributed by atoms with van der Waals surface area (Å²) in [6, 6.07) is 1.65. The van der Waals surface area contributed by atoms with Crippen LogP contribution in [0.15, 0.2) is 35.2 Å². The number of fused-ring (bicyclic) bond motifs is 3. The molecule has 3 N–H and O–H groups in total. The van der Waals surface area contributed by atoms with E-state index in [0.29, 0.717) is 18.4 Å². The van der Waals surface area contributed by atoms with Gasteiger partial charge in [0.1, 0.15) is 30.0 Å². The van der Waals surface area contributed by atoms with Crippen LogP contribution in [-0.4, -0.2) is 107 Å². The van der Waals surface area contributed by atoms with Crippen molar-refractivity contribution in [1.29, 1.82) is 0 Å². The van der Waals surface area contributed by atoms with E-state index >= 15 is 0 Å². The van der Waals surface area contributed by atoms with Gasteiger partial charge in [-0.3, -0.25) is 19.2 Å². The Balaban J connectivity index is 1.87. The summed E-state index contributed by atoms with van der Waals surface area (Å²) in [5.41, 5.74) is -6.89. The fraction of sp³-hybridized carbons (Fsp3) is 0.732. The van der Waals surface area contributed by atoms with Gasteiger partial charge in [0.15, 0.2) is 6.10 Å². The van der Waals surface area contributed by atoms with Crippen LogP contribution in [0, 0.1) is 34.5 Å². The fourth-order valence-electron chi connectivity index (χ4n) is 10.2. The molecule has 2 bridgehead atoms. The average molecular weight is 807 g/mol. The van der Waals surface area contributed by atoms with E-state index in [1.807, 2.05) is 0 Å². The predicted molar refractivity (Wildman–Crippen MR) is 196 cm³/mol. The van der Waals surface area contributed by atoms with E-state index in [4.69, 9.17) is 37.6 Å². The van der Waals surface area contributed by atoms with Gasteiger partial charge in [-0.15, -0.1) is 0 Å². The first-order chi connectivity index (χ1) is 26.6. The average Bonchev–Trinajstić information content (AvgIpc) is 3.86. The maximum absolute atomic E-state index is 14.1. The van der Waals surface area contributed by atoms with Gasteiger partial charge in [0, 0.05) is 30.1 Å². The van der Waals surface area contributed by atoms with Crippen LogP contribution in [0.3, 0.4) is 0 Å². The van der Waals surface area contributed by atoms with E-state index in [2.05, 4.69) is 6.58 Å². The van der Waals surface area contributed by atoms with Crippen molar-refractivity contribution in [3.05, 3.63) is 36.3 Å². The monoisotopic (exact) mass is 806 g/mol. The Morgan fingerprint density at radius 3 is 2.28 bits per heavy atom. The number of carbonyl (C=O) groups excluding carboxylic acids is 5. The molecule has 2 saturated heterocycles. The minimum atomic E-state index is -2.34. The molecule has 4 aliphatic rings. The van der Waals surface area contributed by atoms with Gasteiger partial charge < -0.3 is 52.9 Å². The number of hydrogen-bond donors (Lipinski definition) is 3.